The van der Waals surface area contributed by atoms with Gasteiger partial charge in [0.15, 0.2) is 0 Å². The highest BCUT2D eigenvalue weighted by Gasteiger charge is 2.31. The van der Waals surface area contributed by atoms with Crippen molar-refractivity contribution in [2.24, 2.45) is 5.41 Å². The highest BCUT2D eigenvalue weighted by atomic mass is 32.2. The molecule has 0 spiro atoms. The summed E-state index contributed by atoms with van der Waals surface area (Å²) in [6.07, 6.45) is 3.93. The predicted octanol–water partition coefficient (Wildman–Crippen LogP) is 2.78. The van der Waals surface area contributed by atoms with Gasteiger partial charge in [-0.15, -0.1) is 0 Å². The molecule has 1 unspecified atom stereocenters. The van der Waals surface area contributed by atoms with Gasteiger partial charge in [0, 0.05) is 26.7 Å². The molecule has 0 amide bonds. The Morgan fingerprint density at radius 2 is 1.81 bits per heavy atom. The van der Waals surface area contributed by atoms with E-state index in [1.54, 1.807) is 26.2 Å². The Labute approximate surface area is 128 Å². The average molecular weight is 310 g/mol. The van der Waals surface area contributed by atoms with Crippen LogP contribution in [-0.4, -0.2) is 33.4 Å². The maximum atomic E-state index is 12.0. The van der Waals surface area contributed by atoms with Gasteiger partial charge in [-0.3, -0.25) is 0 Å². The zero-order valence-electron chi connectivity index (χ0n) is 13.4. The van der Waals surface area contributed by atoms with Crippen LogP contribution in [0.2, 0.25) is 0 Å². The van der Waals surface area contributed by atoms with Crippen LogP contribution in [0.4, 0.5) is 0 Å². The van der Waals surface area contributed by atoms with Gasteiger partial charge in [-0.2, -0.15) is 0 Å². The summed E-state index contributed by atoms with van der Waals surface area (Å²) in [5, 5.41) is 3.56. The van der Waals surface area contributed by atoms with Crippen molar-refractivity contribution in [3.05, 3.63) is 29.8 Å². The second-order valence-electron chi connectivity index (χ2n) is 6.62. The topological polar surface area (TPSA) is 49.4 Å². The molecule has 1 aromatic carbocycles. The van der Waals surface area contributed by atoms with Crippen molar-refractivity contribution >= 4 is 10.0 Å². The monoisotopic (exact) mass is 310 g/mol. The van der Waals surface area contributed by atoms with E-state index in [9.17, 15) is 8.42 Å². The summed E-state index contributed by atoms with van der Waals surface area (Å²) >= 11 is 0. The molecule has 0 bridgehead atoms. The normalized spacial score (nSPS) is 19.3. The molecule has 0 aliphatic heterocycles. The lowest BCUT2D eigenvalue weighted by molar-refractivity contribution is 0.152. The van der Waals surface area contributed by atoms with Crippen molar-refractivity contribution in [2.45, 2.75) is 44.0 Å². The van der Waals surface area contributed by atoms with Crippen LogP contribution in [0.3, 0.4) is 0 Å². The molecule has 1 N–H and O–H groups in total. The first-order chi connectivity index (χ1) is 9.74. The van der Waals surface area contributed by atoms with Crippen molar-refractivity contribution in [3.8, 4) is 0 Å². The largest absolute Gasteiger partial charge is 0.310 e. The van der Waals surface area contributed by atoms with Crippen LogP contribution in [0.15, 0.2) is 29.2 Å². The molecule has 0 radical (unpaired) electrons. The summed E-state index contributed by atoms with van der Waals surface area (Å²) in [5.74, 6) is 0. The first kappa shape index (κ1) is 16.5. The molecular formula is C16H26N2O2S. The molecule has 0 heterocycles. The van der Waals surface area contributed by atoms with Gasteiger partial charge in [-0.05, 0) is 42.9 Å². The molecule has 1 saturated carbocycles. The standard InChI is InChI=1S/C16H26N2O2S/c1-13(17-12-16(2)10-5-11-16)14-6-8-15(9-7-14)21(19,20)18(3)4/h6-9,13,17H,5,10-12H2,1-4H3. The number of rotatable bonds is 6. The van der Waals surface area contributed by atoms with Crippen LogP contribution in [0.25, 0.3) is 0 Å². The van der Waals surface area contributed by atoms with Crippen LogP contribution < -0.4 is 5.32 Å². The van der Waals surface area contributed by atoms with E-state index < -0.39 is 10.0 Å². The molecule has 1 aromatic rings. The average Bonchev–Trinajstić information content (AvgIpc) is 2.42. The van der Waals surface area contributed by atoms with E-state index in [0.29, 0.717) is 10.3 Å². The molecule has 21 heavy (non-hydrogen) atoms. The first-order valence-corrected chi connectivity index (χ1v) is 8.94. The molecule has 0 saturated heterocycles. The number of nitrogens with zero attached hydrogens (tertiary/aromatic N) is 1. The van der Waals surface area contributed by atoms with E-state index in [4.69, 9.17) is 0 Å². The Bertz CT molecular complexity index is 575. The molecule has 1 atom stereocenters. The number of benzene rings is 1. The summed E-state index contributed by atoms with van der Waals surface area (Å²) in [6.45, 7) is 5.46. The minimum atomic E-state index is -3.34. The molecule has 1 fully saturated rings. The Morgan fingerprint density at radius 3 is 2.24 bits per heavy atom. The van der Waals surface area contributed by atoms with Gasteiger partial charge in [0.05, 0.1) is 4.90 Å². The lowest BCUT2D eigenvalue weighted by atomic mass is 9.70. The van der Waals surface area contributed by atoms with Gasteiger partial charge in [0.2, 0.25) is 10.0 Å². The van der Waals surface area contributed by atoms with E-state index >= 15 is 0 Å². The summed E-state index contributed by atoms with van der Waals surface area (Å²) < 4.78 is 25.3. The summed E-state index contributed by atoms with van der Waals surface area (Å²) in [6, 6.07) is 7.41. The van der Waals surface area contributed by atoms with E-state index in [2.05, 4.69) is 19.2 Å². The smallest absolute Gasteiger partial charge is 0.242 e. The zero-order valence-corrected chi connectivity index (χ0v) is 14.2. The zero-order chi connectivity index (χ0) is 15.7. The fraction of sp³-hybridized carbons (Fsp3) is 0.625. The van der Waals surface area contributed by atoms with Crippen molar-refractivity contribution in [1.82, 2.24) is 9.62 Å². The number of sulfonamides is 1. The van der Waals surface area contributed by atoms with Gasteiger partial charge >= 0.3 is 0 Å². The second-order valence-corrected chi connectivity index (χ2v) is 8.78. The third-order valence-corrected chi connectivity index (χ3v) is 6.38. The Kier molecular flexibility index (Phi) is 4.76. The number of nitrogens with one attached hydrogen (secondary N) is 1. The van der Waals surface area contributed by atoms with Crippen LogP contribution in [-0.2, 0) is 10.0 Å². The molecule has 1 aliphatic carbocycles. The van der Waals surface area contributed by atoms with Gasteiger partial charge in [0.25, 0.3) is 0 Å². The maximum Gasteiger partial charge on any atom is 0.242 e. The fourth-order valence-electron chi connectivity index (χ4n) is 2.61. The minimum absolute atomic E-state index is 0.235. The van der Waals surface area contributed by atoms with Gasteiger partial charge in [-0.1, -0.05) is 25.5 Å². The van der Waals surface area contributed by atoms with Crippen LogP contribution in [0.1, 0.15) is 44.7 Å². The van der Waals surface area contributed by atoms with Crippen LogP contribution in [0.5, 0.6) is 0 Å². The Morgan fingerprint density at radius 1 is 1.24 bits per heavy atom. The van der Waals surface area contributed by atoms with Crippen molar-refractivity contribution < 1.29 is 8.42 Å². The van der Waals surface area contributed by atoms with Gasteiger partial charge in [-0.25, -0.2) is 12.7 Å². The summed E-state index contributed by atoms with van der Waals surface area (Å²) in [7, 11) is -0.240. The van der Waals surface area contributed by atoms with Crippen molar-refractivity contribution in [3.63, 3.8) is 0 Å². The van der Waals surface area contributed by atoms with E-state index in [0.717, 1.165) is 12.1 Å². The third-order valence-electron chi connectivity index (χ3n) is 4.55. The molecule has 2 rings (SSSR count). The van der Waals surface area contributed by atoms with E-state index in [1.807, 2.05) is 12.1 Å². The molecular weight excluding hydrogens is 284 g/mol. The molecule has 4 nitrogen and oxygen atoms in total. The van der Waals surface area contributed by atoms with Gasteiger partial charge in [0.1, 0.15) is 0 Å². The lowest BCUT2D eigenvalue weighted by Gasteiger charge is -2.39. The van der Waals surface area contributed by atoms with Crippen molar-refractivity contribution in [2.75, 3.05) is 20.6 Å². The highest BCUT2D eigenvalue weighted by Crippen LogP contribution is 2.39. The number of hydrogen-bond acceptors (Lipinski definition) is 3. The molecule has 118 valence electrons. The second kappa shape index (κ2) is 6.07. The van der Waals surface area contributed by atoms with Crippen molar-refractivity contribution in [1.29, 1.82) is 0 Å². The quantitative estimate of drug-likeness (QED) is 0.879. The molecule has 0 aromatic heterocycles. The molecule has 5 heteroatoms. The van der Waals surface area contributed by atoms with Crippen LogP contribution in [0, 0.1) is 5.41 Å². The van der Waals surface area contributed by atoms with Gasteiger partial charge < -0.3 is 5.32 Å². The summed E-state index contributed by atoms with van der Waals surface area (Å²) in [5.41, 5.74) is 1.57. The highest BCUT2D eigenvalue weighted by molar-refractivity contribution is 7.89. The fourth-order valence-corrected chi connectivity index (χ4v) is 3.52. The summed E-state index contributed by atoms with van der Waals surface area (Å²) in [4.78, 5) is 0.342. The van der Waals surface area contributed by atoms with E-state index in [1.165, 1.54) is 23.6 Å². The molecule has 1 aliphatic rings. The SMILES string of the molecule is CC(NCC1(C)CCC1)c1ccc(S(=O)(=O)N(C)C)cc1. The third kappa shape index (κ3) is 3.65. The lowest BCUT2D eigenvalue weighted by Crippen LogP contribution is -2.38. The Balaban J connectivity index is 2.01. The minimum Gasteiger partial charge on any atom is -0.310 e. The predicted molar refractivity (Wildman–Crippen MR) is 85.7 cm³/mol. The maximum absolute atomic E-state index is 12.0. The first-order valence-electron chi connectivity index (χ1n) is 7.50. The van der Waals surface area contributed by atoms with Crippen LogP contribution >= 0.6 is 0 Å². The van der Waals surface area contributed by atoms with E-state index in [-0.39, 0.29) is 6.04 Å². The Hall–Kier alpha value is -0.910. The number of hydrogen-bond donors (Lipinski definition) is 1.